The zero-order valence-electron chi connectivity index (χ0n) is 17.4. The van der Waals surface area contributed by atoms with E-state index in [4.69, 9.17) is 19.6 Å². The Labute approximate surface area is 155 Å². The van der Waals surface area contributed by atoms with Gasteiger partial charge in [0.05, 0.1) is 11.7 Å². The van der Waals surface area contributed by atoms with Crippen molar-refractivity contribution in [3.05, 3.63) is 0 Å². The van der Waals surface area contributed by atoms with Gasteiger partial charge in [-0.3, -0.25) is 0 Å². The van der Waals surface area contributed by atoms with Crippen LogP contribution in [0.5, 0.6) is 0 Å². The summed E-state index contributed by atoms with van der Waals surface area (Å²) in [6.07, 6.45) is 9.25. The highest BCUT2D eigenvalue weighted by atomic mass is 17.3. The minimum atomic E-state index is -0.969. The first-order valence-corrected chi connectivity index (χ1v) is 10.1. The maximum Gasteiger partial charge on any atom is 0.231 e. The lowest BCUT2D eigenvalue weighted by Crippen LogP contribution is -2.38. The maximum absolute atomic E-state index is 9.94. The number of rotatable bonds is 17. The third kappa shape index (κ3) is 13.6. The van der Waals surface area contributed by atoms with Crippen molar-refractivity contribution in [2.24, 2.45) is 0 Å². The Morgan fingerprint density at radius 2 is 1.40 bits per heavy atom. The Kier molecular flexibility index (Phi) is 13.8. The lowest BCUT2D eigenvalue weighted by molar-refractivity contribution is -0.527. The third-order valence-electron chi connectivity index (χ3n) is 4.17. The van der Waals surface area contributed by atoms with Gasteiger partial charge in [0.15, 0.2) is 0 Å². The van der Waals surface area contributed by atoms with Crippen LogP contribution in [0, 0.1) is 0 Å². The monoisotopic (exact) mass is 362 g/mol. The van der Waals surface area contributed by atoms with Gasteiger partial charge in [-0.25, -0.2) is 9.78 Å². The Hall–Kier alpha value is -0.200. The van der Waals surface area contributed by atoms with E-state index in [1.54, 1.807) is 0 Å². The molecule has 0 saturated carbocycles. The van der Waals surface area contributed by atoms with Crippen molar-refractivity contribution < 1.29 is 24.7 Å². The summed E-state index contributed by atoms with van der Waals surface area (Å²) >= 11 is 0. The van der Waals surface area contributed by atoms with Gasteiger partial charge in [-0.2, -0.15) is 9.78 Å². The van der Waals surface area contributed by atoms with Gasteiger partial charge in [-0.15, -0.1) is 0 Å². The van der Waals surface area contributed by atoms with Crippen molar-refractivity contribution in [1.82, 2.24) is 0 Å². The molecule has 0 aromatic heterocycles. The maximum atomic E-state index is 9.94. The van der Waals surface area contributed by atoms with Crippen LogP contribution in [0.15, 0.2) is 0 Å². The first-order valence-electron chi connectivity index (χ1n) is 10.1. The normalized spacial score (nSPS) is 16.0. The fraction of sp³-hybridized carbons (Fsp3) is 1.00. The molecule has 0 saturated heterocycles. The summed E-state index contributed by atoms with van der Waals surface area (Å²) in [4.78, 5) is 22.1. The van der Waals surface area contributed by atoms with Crippen LogP contribution in [-0.4, -0.2) is 29.2 Å². The minimum absolute atomic E-state index is 0.148. The Morgan fingerprint density at radius 1 is 0.760 bits per heavy atom. The molecular weight excluding hydrogens is 320 g/mol. The van der Waals surface area contributed by atoms with Gasteiger partial charge in [0.25, 0.3) is 0 Å². The van der Waals surface area contributed by atoms with E-state index in [1.165, 1.54) is 0 Å². The molecule has 0 aliphatic heterocycles. The Bertz CT molecular complexity index is 308. The van der Waals surface area contributed by atoms with E-state index in [0.717, 1.165) is 57.8 Å². The quantitative estimate of drug-likeness (QED) is 0.156. The highest BCUT2D eigenvalue weighted by Crippen LogP contribution is 2.26. The van der Waals surface area contributed by atoms with Crippen molar-refractivity contribution in [1.29, 1.82) is 0 Å². The zero-order chi connectivity index (χ0) is 19.2. The fourth-order valence-corrected chi connectivity index (χ4v) is 2.59. The molecule has 0 heterocycles. The van der Waals surface area contributed by atoms with Crippen LogP contribution in [0.25, 0.3) is 0 Å². The molecule has 0 bridgehead atoms. The van der Waals surface area contributed by atoms with E-state index in [9.17, 15) is 5.11 Å². The first kappa shape index (κ1) is 24.8. The molecule has 2 atom stereocenters. The molecule has 1 N–H and O–H groups in total. The van der Waals surface area contributed by atoms with E-state index in [1.807, 2.05) is 20.8 Å². The summed E-state index contributed by atoms with van der Waals surface area (Å²) in [5, 5.41) is 9.94. The van der Waals surface area contributed by atoms with E-state index < -0.39 is 11.9 Å². The highest BCUT2D eigenvalue weighted by Gasteiger charge is 2.32. The molecule has 0 aromatic carbocycles. The van der Waals surface area contributed by atoms with E-state index in [-0.39, 0.29) is 12.2 Å². The number of hydrogen-bond acceptors (Lipinski definition) is 5. The number of hydrogen-bond donors (Lipinski definition) is 1. The highest BCUT2D eigenvalue weighted by molar-refractivity contribution is 4.66. The molecule has 0 aliphatic rings. The zero-order valence-corrected chi connectivity index (χ0v) is 17.4. The van der Waals surface area contributed by atoms with E-state index in [2.05, 4.69) is 20.8 Å². The van der Waals surface area contributed by atoms with Gasteiger partial charge in [0.1, 0.15) is 6.61 Å². The predicted molar refractivity (Wildman–Crippen MR) is 101 cm³/mol. The van der Waals surface area contributed by atoms with Crippen LogP contribution in [-0.2, 0) is 19.6 Å². The van der Waals surface area contributed by atoms with Crippen molar-refractivity contribution in [3.8, 4) is 0 Å². The molecule has 5 nitrogen and oxygen atoms in total. The van der Waals surface area contributed by atoms with Crippen LogP contribution in [0.2, 0.25) is 0 Å². The summed E-state index contributed by atoms with van der Waals surface area (Å²) in [5.74, 6) is -0.969. The van der Waals surface area contributed by atoms with Crippen molar-refractivity contribution in [2.75, 3.05) is 6.61 Å². The predicted octanol–water partition coefficient (Wildman–Crippen LogP) is 5.70. The van der Waals surface area contributed by atoms with Crippen LogP contribution in [0.3, 0.4) is 0 Å². The molecule has 0 spiro atoms. The standard InChI is InChI=1S/C20H42O5/c1-7-10-12-14-18(21)17-22-24-20(6,16-13-11-8-2)25-23-19(4,5)15-9-3/h18,21H,7-17H2,1-6H3. The van der Waals surface area contributed by atoms with Crippen LogP contribution in [0.4, 0.5) is 0 Å². The largest absolute Gasteiger partial charge is 0.391 e. The molecular formula is C20H42O5. The van der Waals surface area contributed by atoms with Gasteiger partial charge >= 0.3 is 0 Å². The van der Waals surface area contributed by atoms with E-state index in [0.29, 0.717) is 6.42 Å². The first-order chi connectivity index (χ1) is 11.8. The van der Waals surface area contributed by atoms with Crippen molar-refractivity contribution in [2.45, 2.75) is 123 Å². The molecule has 0 rings (SSSR count). The Balaban J connectivity index is 4.38. The van der Waals surface area contributed by atoms with E-state index >= 15 is 0 Å². The summed E-state index contributed by atoms with van der Waals surface area (Å²) in [6, 6.07) is 0. The van der Waals surface area contributed by atoms with Crippen LogP contribution < -0.4 is 0 Å². The molecule has 0 radical (unpaired) electrons. The lowest BCUT2D eigenvalue weighted by atomic mass is 10.0. The second kappa shape index (κ2) is 13.9. The Morgan fingerprint density at radius 3 is 2.00 bits per heavy atom. The molecule has 25 heavy (non-hydrogen) atoms. The van der Waals surface area contributed by atoms with Gasteiger partial charge in [0, 0.05) is 6.42 Å². The molecule has 152 valence electrons. The second-order valence-electron chi connectivity index (χ2n) is 7.78. The summed E-state index contributed by atoms with van der Waals surface area (Å²) in [6.45, 7) is 12.4. The summed E-state index contributed by atoms with van der Waals surface area (Å²) < 4.78 is 0. The summed E-state index contributed by atoms with van der Waals surface area (Å²) in [5.41, 5.74) is -0.371. The minimum Gasteiger partial charge on any atom is -0.391 e. The second-order valence-corrected chi connectivity index (χ2v) is 7.78. The summed E-state index contributed by atoms with van der Waals surface area (Å²) in [7, 11) is 0. The molecule has 0 aliphatic carbocycles. The molecule has 0 fully saturated rings. The van der Waals surface area contributed by atoms with Crippen LogP contribution >= 0.6 is 0 Å². The average molecular weight is 363 g/mol. The SMILES string of the molecule is CCCCCC(O)COOC(C)(CCCCC)OOC(C)(C)CCC. The van der Waals surface area contributed by atoms with Gasteiger partial charge < -0.3 is 5.11 Å². The molecule has 2 unspecified atom stereocenters. The number of aliphatic hydroxyl groups is 1. The molecule has 5 heteroatoms. The lowest BCUT2D eigenvalue weighted by Gasteiger charge is -2.32. The number of aliphatic hydroxyl groups excluding tert-OH is 1. The van der Waals surface area contributed by atoms with Gasteiger partial charge in [-0.1, -0.05) is 59.3 Å². The van der Waals surface area contributed by atoms with Gasteiger partial charge in [0.2, 0.25) is 5.79 Å². The third-order valence-corrected chi connectivity index (χ3v) is 4.17. The average Bonchev–Trinajstić information content (AvgIpc) is 2.54. The number of unbranched alkanes of at least 4 members (excludes halogenated alkanes) is 4. The van der Waals surface area contributed by atoms with Gasteiger partial charge in [-0.05, 0) is 40.0 Å². The smallest absolute Gasteiger partial charge is 0.231 e. The van der Waals surface area contributed by atoms with Crippen molar-refractivity contribution >= 4 is 0 Å². The van der Waals surface area contributed by atoms with Crippen LogP contribution in [0.1, 0.15) is 106 Å². The topological polar surface area (TPSA) is 57.2 Å². The fourth-order valence-electron chi connectivity index (χ4n) is 2.59. The van der Waals surface area contributed by atoms with Crippen molar-refractivity contribution in [3.63, 3.8) is 0 Å². The molecule has 0 amide bonds. The molecule has 0 aromatic rings.